The van der Waals surface area contributed by atoms with E-state index in [-0.39, 0.29) is 0 Å². The van der Waals surface area contributed by atoms with E-state index < -0.39 is 0 Å². The van der Waals surface area contributed by atoms with Gasteiger partial charge >= 0.3 is 0 Å². The summed E-state index contributed by atoms with van der Waals surface area (Å²) in [5.41, 5.74) is 6.18. The quantitative estimate of drug-likeness (QED) is 0.163. The number of nitrogens with zero attached hydrogens (tertiary/aromatic N) is 8. The topological polar surface area (TPSA) is 103 Å². The van der Waals surface area contributed by atoms with E-state index in [4.69, 9.17) is 0 Å². The lowest BCUT2D eigenvalue weighted by Crippen LogP contribution is -1.93. The number of pyridine rings is 2. The van der Waals surface area contributed by atoms with Gasteiger partial charge in [0, 0.05) is 66.9 Å². The molecule has 66 heavy (non-hydrogen) atoms. The molecule has 0 fully saturated rings. The molecule has 6 rings (SSSR count). The van der Waals surface area contributed by atoms with Crippen LogP contribution in [0.5, 0.6) is 0 Å². The first-order chi connectivity index (χ1) is 31.8. The monoisotopic (exact) mass is 909 g/mol. The molecule has 0 amide bonds. The van der Waals surface area contributed by atoms with Gasteiger partial charge in [0.15, 0.2) is 0 Å². The minimum absolute atomic E-state index is 0.436. The summed E-state index contributed by atoms with van der Waals surface area (Å²) in [6, 6.07) is 24.3. The molecule has 0 N–H and O–H groups in total. The normalized spacial score (nSPS) is 8.82. The van der Waals surface area contributed by atoms with Crippen LogP contribution in [0.15, 0.2) is 135 Å². The van der Waals surface area contributed by atoms with E-state index in [2.05, 4.69) is 153 Å². The maximum Gasteiger partial charge on any atom is 0.130 e. The van der Waals surface area contributed by atoms with E-state index in [1.54, 1.807) is 37.4 Å². The molecule has 0 aliphatic carbocycles. The predicted molar refractivity (Wildman–Crippen MR) is 294 cm³/mol. The van der Waals surface area contributed by atoms with Crippen molar-refractivity contribution in [1.82, 2.24) is 39.9 Å². The minimum Gasteiger partial charge on any atom is -0.264 e. The minimum atomic E-state index is 0.436. The van der Waals surface area contributed by atoms with Crippen LogP contribution in [0.3, 0.4) is 0 Å². The summed E-state index contributed by atoms with van der Waals surface area (Å²) in [7, 11) is 0. The number of hydrogen-bond donors (Lipinski definition) is 0. The molecule has 0 bridgehead atoms. The summed E-state index contributed by atoms with van der Waals surface area (Å²) in [5, 5.41) is 0. The summed E-state index contributed by atoms with van der Waals surface area (Å²) in [5.74, 6) is 4.19. The zero-order chi connectivity index (χ0) is 52.1. The van der Waals surface area contributed by atoms with E-state index in [9.17, 15) is 0 Å². The second-order valence-corrected chi connectivity index (χ2v) is 14.3. The molecule has 0 unspecified atom stereocenters. The second kappa shape index (κ2) is 55.9. The molecule has 0 aliphatic heterocycles. The van der Waals surface area contributed by atoms with Crippen molar-refractivity contribution in [2.45, 2.75) is 202 Å². The molecule has 0 spiro atoms. The Kier molecular flexibility index (Phi) is 61.3. The van der Waals surface area contributed by atoms with E-state index in [0.717, 1.165) is 17.2 Å². The Morgan fingerprint density at radius 1 is 0.273 bits per heavy atom. The highest BCUT2D eigenvalue weighted by Gasteiger charge is 1.99. The van der Waals surface area contributed by atoms with Crippen molar-refractivity contribution in [2.24, 2.45) is 0 Å². The van der Waals surface area contributed by atoms with Crippen LogP contribution in [0, 0.1) is 0 Å². The van der Waals surface area contributed by atoms with Gasteiger partial charge in [-0.1, -0.05) is 209 Å². The summed E-state index contributed by atoms with van der Waals surface area (Å²) in [4.78, 5) is 32.0. The van der Waals surface area contributed by atoms with Crippen molar-refractivity contribution in [3.63, 3.8) is 0 Å². The molecular formula is C58H100N8. The van der Waals surface area contributed by atoms with Crippen LogP contribution in [-0.2, 0) is 0 Å². The first kappa shape index (κ1) is 72.4. The molecule has 8 nitrogen and oxygen atoms in total. The SMILES string of the molecule is CC.CC.CC.CC.CC.CC.CC(C)c1ccccc1.CC(C)c1ccccn1.CC(C)c1cccnc1.CC(C)c1ccncn1.CC(C)c1cncnc1.CC(C)c1ncccn1. The Labute approximate surface area is 408 Å². The maximum atomic E-state index is 4.18. The first-order valence-electron chi connectivity index (χ1n) is 25.0. The zero-order valence-electron chi connectivity index (χ0n) is 46.7. The van der Waals surface area contributed by atoms with Gasteiger partial charge in [-0.2, -0.15) is 0 Å². The molecule has 5 heterocycles. The summed E-state index contributed by atoms with van der Waals surface area (Å²) in [6.45, 7) is 49.6. The molecule has 0 radical (unpaired) electrons. The van der Waals surface area contributed by atoms with Crippen LogP contribution in [0.1, 0.15) is 236 Å². The lowest BCUT2D eigenvalue weighted by Gasteiger charge is -2.01. The summed E-state index contributed by atoms with van der Waals surface area (Å²) >= 11 is 0. The third-order valence-corrected chi connectivity index (χ3v) is 7.64. The van der Waals surface area contributed by atoms with Crippen molar-refractivity contribution in [3.8, 4) is 0 Å². The molecule has 0 atom stereocenters. The lowest BCUT2D eigenvalue weighted by molar-refractivity contribution is 0.774. The highest BCUT2D eigenvalue weighted by molar-refractivity contribution is 5.17. The van der Waals surface area contributed by atoms with Crippen molar-refractivity contribution >= 4 is 0 Å². The fraction of sp³-hybridized carbons (Fsp3) is 0.517. The van der Waals surface area contributed by atoms with Gasteiger partial charge in [-0.05, 0) is 76.6 Å². The molecule has 0 saturated heterocycles. The van der Waals surface area contributed by atoms with E-state index in [1.807, 2.05) is 150 Å². The van der Waals surface area contributed by atoms with Crippen molar-refractivity contribution in [1.29, 1.82) is 0 Å². The van der Waals surface area contributed by atoms with Crippen LogP contribution < -0.4 is 0 Å². The smallest absolute Gasteiger partial charge is 0.130 e. The zero-order valence-corrected chi connectivity index (χ0v) is 46.7. The van der Waals surface area contributed by atoms with Gasteiger partial charge in [-0.15, -0.1) is 0 Å². The molecule has 1 aromatic carbocycles. The van der Waals surface area contributed by atoms with Crippen LogP contribution in [-0.4, -0.2) is 39.9 Å². The highest BCUT2D eigenvalue weighted by atomic mass is 14.9. The summed E-state index contributed by atoms with van der Waals surface area (Å²) < 4.78 is 0. The number of hydrogen-bond acceptors (Lipinski definition) is 8. The molecule has 6 aromatic rings. The summed E-state index contributed by atoms with van der Waals surface area (Å²) in [6.07, 6.45) is 17.6. The van der Waals surface area contributed by atoms with Gasteiger partial charge in [0.25, 0.3) is 0 Å². The van der Waals surface area contributed by atoms with Crippen molar-refractivity contribution in [3.05, 3.63) is 169 Å². The lowest BCUT2D eigenvalue weighted by atomic mass is 10.0. The van der Waals surface area contributed by atoms with Crippen molar-refractivity contribution in [2.75, 3.05) is 0 Å². The Morgan fingerprint density at radius 3 is 0.970 bits per heavy atom. The van der Waals surface area contributed by atoms with Gasteiger partial charge in [0.2, 0.25) is 0 Å². The fourth-order valence-electron chi connectivity index (χ4n) is 4.13. The Morgan fingerprint density at radius 2 is 0.697 bits per heavy atom. The highest BCUT2D eigenvalue weighted by Crippen LogP contribution is 2.13. The van der Waals surface area contributed by atoms with Crippen LogP contribution in [0.2, 0.25) is 0 Å². The Hall–Kier alpha value is -5.24. The average molecular weight is 909 g/mol. The average Bonchev–Trinajstić information content (AvgIpc) is 3.40. The third-order valence-electron chi connectivity index (χ3n) is 7.64. The van der Waals surface area contributed by atoms with Crippen LogP contribution in [0.25, 0.3) is 0 Å². The van der Waals surface area contributed by atoms with E-state index >= 15 is 0 Å². The maximum absolute atomic E-state index is 4.18. The van der Waals surface area contributed by atoms with E-state index in [0.29, 0.717) is 35.5 Å². The predicted octanol–water partition coefficient (Wildman–Crippen LogP) is 18.2. The van der Waals surface area contributed by atoms with Gasteiger partial charge in [-0.3, -0.25) is 9.97 Å². The first-order valence-corrected chi connectivity index (χ1v) is 25.0. The molecule has 372 valence electrons. The van der Waals surface area contributed by atoms with Crippen LogP contribution >= 0.6 is 0 Å². The number of aromatic nitrogens is 8. The Bertz CT molecular complexity index is 1350. The Balaban J connectivity index is -0.000000156. The van der Waals surface area contributed by atoms with Crippen LogP contribution in [0.4, 0.5) is 0 Å². The van der Waals surface area contributed by atoms with Gasteiger partial charge < -0.3 is 0 Å². The second-order valence-electron chi connectivity index (χ2n) is 14.3. The molecule has 0 aliphatic rings. The fourth-order valence-corrected chi connectivity index (χ4v) is 4.13. The molecule has 0 saturated carbocycles. The molecular weight excluding hydrogens is 809 g/mol. The van der Waals surface area contributed by atoms with Gasteiger partial charge in [-0.25, -0.2) is 29.9 Å². The third kappa shape index (κ3) is 44.0. The van der Waals surface area contributed by atoms with Gasteiger partial charge in [0.1, 0.15) is 18.5 Å². The largest absolute Gasteiger partial charge is 0.264 e. The van der Waals surface area contributed by atoms with Gasteiger partial charge in [0.05, 0.1) is 0 Å². The number of benzene rings is 1. The number of rotatable bonds is 6. The standard InChI is InChI=1S/C9H12.2C8H11N.3C7H10N2.6C2H6/c1-8(2)9-6-4-3-5-7-9;1-7(2)8-4-3-5-9-6-8;1-7(2)8-5-3-4-6-9-8;1-6(2)7-3-8-5-9-4-7;1-6(2)7-3-4-8-5-9-7;1-6(2)7-8-4-3-5-9-7;6*1-2/h3-8H,1-2H3;2*3-7H,1-2H3;3*3-6H,1-2H3;6*1-2H3. The molecule has 5 aromatic heterocycles. The molecule has 8 heteroatoms. The van der Waals surface area contributed by atoms with Crippen molar-refractivity contribution < 1.29 is 0 Å². The van der Waals surface area contributed by atoms with E-state index in [1.165, 1.54) is 16.7 Å².